The second-order valence-corrected chi connectivity index (χ2v) is 5.24. The number of thiazole rings is 1. The average molecular weight is 281 g/mol. The zero-order chi connectivity index (χ0) is 8.43. The summed E-state index contributed by atoms with van der Waals surface area (Å²) in [5.41, 5.74) is 1.03. The van der Waals surface area contributed by atoms with E-state index in [0.29, 0.717) is 6.42 Å². The number of nitrogens with zero attached hydrogens (tertiary/aromatic N) is 1. The molecule has 4 heteroatoms. The van der Waals surface area contributed by atoms with Crippen molar-refractivity contribution in [1.82, 2.24) is 4.98 Å². The average Bonchev–Trinajstić information content (AvgIpc) is 2.10. The highest BCUT2D eigenvalue weighted by molar-refractivity contribution is 14.1. The number of hydrogen-bond donors (Lipinski definition) is 0. The Kier molecular flexibility index (Phi) is 3.00. The molecular weight excluding hydrogens is 273 g/mol. The minimum atomic E-state index is 0.176. The number of aryl methyl sites for hydroxylation is 1. The molecule has 0 bridgehead atoms. The van der Waals surface area contributed by atoms with E-state index in [4.69, 9.17) is 0 Å². The number of ketones is 1. The van der Waals surface area contributed by atoms with Gasteiger partial charge in [-0.3, -0.25) is 4.79 Å². The van der Waals surface area contributed by atoms with Crippen molar-refractivity contribution in [2.24, 2.45) is 0 Å². The normalized spacial score (nSPS) is 10.1. The molecule has 0 saturated heterocycles. The second-order valence-electron chi connectivity index (χ2n) is 2.35. The van der Waals surface area contributed by atoms with Crippen molar-refractivity contribution < 1.29 is 4.79 Å². The first-order valence-corrected chi connectivity index (χ1v) is 5.10. The Morgan fingerprint density at radius 3 is 2.73 bits per heavy atom. The summed E-state index contributed by atoms with van der Waals surface area (Å²) in [6.45, 7) is 3.55. The van der Waals surface area contributed by atoms with Crippen LogP contribution in [0, 0.1) is 9.81 Å². The van der Waals surface area contributed by atoms with Crippen molar-refractivity contribution in [3.63, 3.8) is 0 Å². The fourth-order valence-electron chi connectivity index (χ4n) is 0.720. The summed E-state index contributed by atoms with van der Waals surface area (Å²) in [5.74, 6) is 0.176. The molecule has 2 nitrogen and oxygen atoms in total. The number of Topliss-reactive ketones (excluding diaryl/α,β-unsaturated/α-hetero) is 1. The van der Waals surface area contributed by atoms with Gasteiger partial charge in [-0.15, -0.1) is 11.3 Å². The molecule has 0 spiro atoms. The maximum atomic E-state index is 10.7. The van der Waals surface area contributed by atoms with Crippen molar-refractivity contribution in [3.05, 3.63) is 13.6 Å². The first kappa shape index (κ1) is 9.12. The van der Waals surface area contributed by atoms with Gasteiger partial charge in [0.25, 0.3) is 0 Å². The lowest BCUT2D eigenvalue weighted by Crippen LogP contribution is -1.94. The molecule has 0 aliphatic carbocycles. The van der Waals surface area contributed by atoms with E-state index in [-0.39, 0.29) is 5.78 Å². The Balaban J connectivity index is 2.81. The lowest BCUT2D eigenvalue weighted by molar-refractivity contribution is -0.116. The molecule has 0 N–H and O–H groups in total. The molecule has 0 aliphatic heterocycles. The van der Waals surface area contributed by atoms with Gasteiger partial charge in [-0.05, 0) is 36.4 Å². The molecule has 0 unspecified atom stereocenters. The van der Waals surface area contributed by atoms with Crippen molar-refractivity contribution in [2.45, 2.75) is 20.3 Å². The molecule has 0 radical (unpaired) electrons. The van der Waals surface area contributed by atoms with E-state index < -0.39 is 0 Å². The van der Waals surface area contributed by atoms with Gasteiger partial charge in [0, 0.05) is 0 Å². The minimum absolute atomic E-state index is 0.176. The Morgan fingerprint density at radius 1 is 1.73 bits per heavy atom. The van der Waals surface area contributed by atoms with Crippen molar-refractivity contribution in [1.29, 1.82) is 0 Å². The molecular formula is C7H8INOS. The van der Waals surface area contributed by atoms with Crippen LogP contribution >= 0.6 is 33.9 Å². The highest BCUT2D eigenvalue weighted by atomic mass is 127. The number of carbonyl (C=O) groups is 1. The molecule has 0 fully saturated rings. The summed E-state index contributed by atoms with van der Waals surface area (Å²) in [6, 6.07) is 0. The standard InChI is InChI=1S/C7H8INOS/c1-4(10)3-6-9-5(2)7(8)11-6/h3H2,1-2H3. The number of rotatable bonds is 2. The van der Waals surface area contributed by atoms with E-state index >= 15 is 0 Å². The maximum absolute atomic E-state index is 10.7. The zero-order valence-electron chi connectivity index (χ0n) is 6.35. The van der Waals surface area contributed by atoms with Gasteiger partial charge in [-0.1, -0.05) is 0 Å². The molecule has 0 aromatic carbocycles. The summed E-state index contributed by atoms with van der Waals surface area (Å²) in [4.78, 5) is 14.9. The highest BCUT2D eigenvalue weighted by Gasteiger charge is 2.05. The van der Waals surface area contributed by atoms with Crippen molar-refractivity contribution >= 4 is 39.7 Å². The Labute approximate surface area is 83.2 Å². The van der Waals surface area contributed by atoms with Crippen molar-refractivity contribution in [3.8, 4) is 0 Å². The van der Waals surface area contributed by atoms with Crippen molar-refractivity contribution in [2.75, 3.05) is 0 Å². The predicted octanol–water partition coefficient (Wildman–Crippen LogP) is 2.19. The van der Waals surface area contributed by atoms with Crippen LogP contribution in [0.5, 0.6) is 0 Å². The molecule has 60 valence electrons. The van der Waals surface area contributed by atoms with Crippen LogP contribution in [-0.4, -0.2) is 10.8 Å². The Morgan fingerprint density at radius 2 is 2.36 bits per heavy atom. The molecule has 0 amide bonds. The Bertz CT molecular complexity index is 262. The molecule has 1 aromatic rings. The summed E-state index contributed by atoms with van der Waals surface area (Å²) in [7, 11) is 0. The molecule has 0 saturated carbocycles. The molecule has 11 heavy (non-hydrogen) atoms. The van der Waals surface area contributed by atoms with Crippen LogP contribution < -0.4 is 0 Å². The predicted molar refractivity (Wildman–Crippen MR) is 54.0 cm³/mol. The number of aromatic nitrogens is 1. The smallest absolute Gasteiger partial charge is 0.136 e. The Hall–Kier alpha value is 0.0300. The topological polar surface area (TPSA) is 30.0 Å². The van der Waals surface area contributed by atoms with E-state index in [9.17, 15) is 4.79 Å². The molecule has 0 atom stereocenters. The third-order valence-corrected chi connectivity index (χ3v) is 3.57. The van der Waals surface area contributed by atoms with Crippen LogP contribution in [0.3, 0.4) is 0 Å². The van der Waals surface area contributed by atoms with E-state index in [0.717, 1.165) is 10.7 Å². The monoisotopic (exact) mass is 281 g/mol. The molecule has 1 rings (SSSR count). The summed E-state index contributed by atoms with van der Waals surface area (Å²) >= 11 is 3.83. The van der Waals surface area contributed by atoms with Crippen LogP contribution in [0.2, 0.25) is 0 Å². The number of halogens is 1. The third kappa shape index (κ3) is 2.52. The van der Waals surface area contributed by atoms with E-state index in [1.54, 1.807) is 18.3 Å². The van der Waals surface area contributed by atoms with E-state index in [1.807, 2.05) is 6.92 Å². The quantitative estimate of drug-likeness (QED) is 0.778. The van der Waals surface area contributed by atoms with E-state index in [1.165, 1.54) is 2.88 Å². The number of carbonyl (C=O) groups excluding carboxylic acids is 1. The van der Waals surface area contributed by atoms with Gasteiger partial charge in [0.1, 0.15) is 10.8 Å². The zero-order valence-corrected chi connectivity index (χ0v) is 9.32. The SMILES string of the molecule is CC(=O)Cc1nc(C)c(I)s1. The van der Waals surface area contributed by atoms with Crippen LogP contribution in [-0.2, 0) is 11.2 Å². The highest BCUT2D eigenvalue weighted by Crippen LogP contribution is 2.20. The van der Waals surface area contributed by atoms with Gasteiger partial charge in [0.05, 0.1) is 15.0 Å². The van der Waals surface area contributed by atoms with E-state index in [2.05, 4.69) is 27.6 Å². The molecule has 0 aliphatic rings. The van der Waals surface area contributed by atoms with Crippen LogP contribution in [0.1, 0.15) is 17.6 Å². The van der Waals surface area contributed by atoms with Gasteiger partial charge >= 0.3 is 0 Å². The fraction of sp³-hybridized carbons (Fsp3) is 0.429. The summed E-state index contributed by atoms with van der Waals surface area (Å²) < 4.78 is 1.18. The van der Waals surface area contributed by atoms with Gasteiger partial charge in [0.2, 0.25) is 0 Å². The number of hydrogen-bond acceptors (Lipinski definition) is 3. The van der Waals surface area contributed by atoms with Gasteiger partial charge in [-0.2, -0.15) is 0 Å². The van der Waals surface area contributed by atoms with Crippen LogP contribution in [0.15, 0.2) is 0 Å². The van der Waals surface area contributed by atoms with Gasteiger partial charge < -0.3 is 0 Å². The van der Waals surface area contributed by atoms with Gasteiger partial charge in [-0.25, -0.2) is 4.98 Å². The third-order valence-electron chi connectivity index (χ3n) is 1.18. The minimum Gasteiger partial charge on any atom is -0.300 e. The summed E-state index contributed by atoms with van der Waals surface area (Å²) in [6.07, 6.45) is 0.481. The van der Waals surface area contributed by atoms with Gasteiger partial charge in [0.15, 0.2) is 0 Å². The first-order chi connectivity index (χ1) is 5.09. The maximum Gasteiger partial charge on any atom is 0.136 e. The largest absolute Gasteiger partial charge is 0.300 e. The fourth-order valence-corrected chi connectivity index (χ4v) is 2.46. The summed E-state index contributed by atoms with van der Waals surface area (Å²) in [5, 5.41) is 0.930. The second kappa shape index (κ2) is 3.62. The van der Waals surface area contributed by atoms with Crippen LogP contribution in [0.25, 0.3) is 0 Å². The lowest BCUT2D eigenvalue weighted by Gasteiger charge is -1.85. The first-order valence-electron chi connectivity index (χ1n) is 3.21. The molecule has 1 heterocycles. The lowest BCUT2D eigenvalue weighted by atomic mass is 10.3. The molecule has 1 aromatic heterocycles. The van der Waals surface area contributed by atoms with Crippen LogP contribution in [0.4, 0.5) is 0 Å².